The van der Waals surface area contributed by atoms with Gasteiger partial charge in [-0.25, -0.2) is 4.68 Å². The molecule has 8 heteroatoms. The number of carbonyl (C=O) groups excluding carboxylic acids is 1. The molecule has 1 N–H and O–H groups in total. The number of ether oxygens (including phenoxy) is 1. The predicted molar refractivity (Wildman–Crippen MR) is 122 cm³/mol. The fourth-order valence-electron chi connectivity index (χ4n) is 2.86. The molecule has 4 rings (SSSR count). The summed E-state index contributed by atoms with van der Waals surface area (Å²) < 4.78 is 7.22. The number of anilines is 1. The van der Waals surface area contributed by atoms with Crippen molar-refractivity contribution in [2.24, 2.45) is 10.1 Å². The summed E-state index contributed by atoms with van der Waals surface area (Å²) in [5, 5.41) is 10.1. The highest BCUT2D eigenvalue weighted by Crippen LogP contribution is 2.32. The van der Waals surface area contributed by atoms with Gasteiger partial charge in [0.2, 0.25) is 4.80 Å². The number of benzene rings is 2. The molecule has 1 aliphatic rings. The minimum Gasteiger partial charge on any atom is -0.482 e. The van der Waals surface area contributed by atoms with E-state index >= 15 is 0 Å². The predicted octanol–water partition coefficient (Wildman–Crippen LogP) is 4.56. The molecule has 0 saturated carbocycles. The summed E-state index contributed by atoms with van der Waals surface area (Å²) in [5.74, 6) is 0.471. The molecule has 0 bridgehead atoms. The topological polar surface area (TPSA) is 68.0 Å². The van der Waals surface area contributed by atoms with Crippen molar-refractivity contribution < 1.29 is 9.53 Å². The maximum absolute atomic E-state index is 11.7. The number of fused-ring (bicyclic) bond motifs is 1. The van der Waals surface area contributed by atoms with Gasteiger partial charge in [-0.15, -0.1) is 11.3 Å². The molecule has 2 heterocycles. The van der Waals surface area contributed by atoms with Crippen LogP contribution in [0.1, 0.15) is 12.5 Å². The van der Waals surface area contributed by atoms with Crippen LogP contribution in [0.15, 0.2) is 70.1 Å². The van der Waals surface area contributed by atoms with Crippen LogP contribution >= 0.6 is 22.9 Å². The van der Waals surface area contributed by atoms with Crippen LogP contribution in [0, 0.1) is 0 Å². The quantitative estimate of drug-likeness (QED) is 0.468. The van der Waals surface area contributed by atoms with Crippen LogP contribution in [0.2, 0.25) is 5.02 Å². The van der Waals surface area contributed by atoms with Crippen LogP contribution in [0.4, 0.5) is 5.69 Å². The highest BCUT2D eigenvalue weighted by atomic mass is 35.5. The molecule has 6 nitrogen and oxygen atoms in total. The Hall–Kier alpha value is -3.16. The molecule has 1 amide bonds. The lowest BCUT2D eigenvalue weighted by Gasteiger charge is -2.18. The monoisotopic (exact) mass is 438 g/mol. The smallest absolute Gasteiger partial charge is 0.262 e. The van der Waals surface area contributed by atoms with Crippen molar-refractivity contribution in [2.45, 2.75) is 6.92 Å². The first kappa shape index (κ1) is 20.1. The van der Waals surface area contributed by atoms with Crippen molar-refractivity contribution in [3.8, 4) is 17.0 Å². The molecule has 0 fully saturated rings. The van der Waals surface area contributed by atoms with Gasteiger partial charge in [0.25, 0.3) is 5.91 Å². The molecule has 0 atom stereocenters. The molecular weight excluding hydrogens is 420 g/mol. The second-order valence-corrected chi connectivity index (χ2v) is 8.05. The molecule has 2 aromatic carbocycles. The number of aromatic nitrogens is 1. The number of hydrogen-bond donors (Lipinski definition) is 1. The standard InChI is InChI=1S/C22H19ClN4O2S/c1-14(2)10-24-22-27(25-11-16-5-3-4-6-17(16)23)19(13-30-22)15-7-8-20-18(9-15)26-21(28)12-29-20/h3-9,11,13H,1,10,12H2,2H3,(H,26,28). The maximum Gasteiger partial charge on any atom is 0.262 e. The van der Waals surface area contributed by atoms with Gasteiger partial charge in [0.1, 0.15) is 5.75 Å². The summed E-state index contributed by atoms with van der Waals surface area (Å²) in [5.41, 5.74) is 4.12. The van der Waals surface area contributed by atoms with E-state index in [1.165, 1.54) is 11.3 Å². The van der Waals surface area contributed by atoms with Crippen molar-refractivity contribution in [2.75, 3.05) is 18.5 Å². The van der Waals surface area contributed by atoms with E-state index in [1.807, 2.05) is 54.8 Å². The number of halogens is 1. The highest BCUT2D eigenvalue weighted by molar-refractivity contribution is 7.07. The van der Waals surface area contributed by atoms with Crippen molar-refractivity contribution in [3.05, 3.63) is 75.4 Å². The largest absolute Gasteiger partial charge is 0.482 e. The fourth-order valence-corrected chi connectivity index (χ4v) is 3.88. The highest BCUT2D eigenvalue weighted by Gasteiger charge is 2.17. The van der Waals surface area contributed by atoms with Gasteiger partial charge in [-0.1, -0.05) is 42.0 Å². The summed E-state index contributed by atoms with van der Waals surface area (Å²) in [6, 6.07) is 13.1. The van der Waals surface area contributed by atoms with Crippen LogP contribution in [0.25, 0.3) is 11.3 Å². The minimum atomic E-state index is -0.174. The first-order chi connectivity index (χ1) is 14.5. The fraction of sp³-hybridized carbons (Fsp3) is 0.136. The van der Waals surface area contributed by atoms with E-state index in [2.05, 4.69) is 22.0 Å². The lowest BCUT2D eigenvalue weighted by molar-refractivity contribution is -0.118. The van der Waals surface area contributed by atoms with Gasteiger partial charge >= 0.3 is 0 Å². The van der Waals surface area contributed by atoms with Gasteiger partial charge in [0.05, 0.1) is 24.1 Å². The summed E-state index contributed by atoms with van der Waals surface area (Å²) in [4.78, 5) is 17.0. The molecular formula is C22H19ClN4O2S. The Bertz CT molecular complexity index is 1230. The molecule has 1 aliphatic heterocycles. The van der Waals surface area contributed by atoms with Crippen LogP contribution in [0.5, 0.6) is 5.75 Å². The zero-order chi connectivity index (χ0) is 21.1. The van der Waals surface area contributed by atoms with E-state index in [-0.39, 0.29) is 12.5 Å². The van der Waals surface area contributed by atoms with E-state index in [9.17, 15) is 4.79 Å². The summed E-state index contributed by atoms with van der Waals surface area (Å²) in [7, 11) is 0. The van der Waals surface area contributed by atoms with Crippen LogP contribution < -0.4 is 14.9 Å². The van der Waals surface area contributed by atoms with Crippen molar-refractivity contribution >= 4 is 40.7 Å². The minimum absolute atomic E-state index is 0.0247. The number of rotatable bonds is 5. The van der Waals surface area contributed by atoms with Crippen LogP contribution in [0.3, 0.4) is 0 Å². The third-order valence-electron chi connectivity index (χ3n) is 4.30. The summed E-state index contributed by atoms with van der Waals surface area (Å²) in [6.45, 7) is 6.38. The number of nitrogens with zero attached hydrogens (tertiary/aromatic N) is 3. The number of carbonyl (C=O) groups is 1. The Morgan fingerprint density at radius 2 is 2.20 bits per heavy atom. The van der Waals surface area contributed by atoms with E-state index in [4.69, 9.17) is 16.3 Å². The van der Waals surface area contributed by atoms with Gasteiger partial charge in [-0.3, -0.25) is 9.79 Å². The zero-order valence-electron chi connectivity index (χ0n) is 16.3. The molecule has 0 saturated heterocycles. The van der Waals surface area contributed by atoms with Gasteiger partial charge in [-0.05, 0) is 31.2 Å². The Morgan fingerprint density at radius 3 is 3.00 bits per heavy atom. The van der Waals surface area contributed by atoms with E-state index < -0.39 is 0 Å². The molecule has 152 valence electrons. The molecule has 0 unspecified atom stereocenters. The average molecular weight is 439 g/mol. The zero-order valence-corrected chi connectivity index (χ0v) is 17.8. The van der Waals surface area contributed by atoms with Gasteiger partial charge in [-0.2, -0.15) is 5.10 Å². The third kappa shape index (κ3) is 4.37. The van der Waals surface area contributed by atoms with Gasteiger partial charge in [0, 0.05) is 21.5 Å². The Balaban J connectivity index is 1.80. The summed E-state index contributed by atoms with van der Waals surface area (Å²) >= 11 is 7.75. The van der Waals surface area contributed by atoms with Crippen molar-refractivity contribution in [1.29, 1.82) is 0 Å². The van der Waals surface area contributed by atoms with Gasteiger partial charge in [0.15, 0.2) is 6.61 Å². The molecule has 0 aliphatic carbocycles. The van der Waals surface area contributed by atoms with E-state index in [0.29, 0.717) is 23.0 Å². The Kier molecular flexibility index (Phi) is 5.83. The average Bonchev–Trinajstić information content (AvgIpc) is 3.14. The molecule has 30 heavy (non-hydrogen) atoms. The van der Waals surface area contributed by atoms with E-state index in [1.54, 1.807) is 10.9 Å². The van der Waals surface area contributed by atoms with Crippen molar-refractivity contribution in [1.82, 2.24) is 4.68 Å². The second-order valence-electron chi connectivity index (χ2n) is 6.80. The van der Waals surface area contributed by atoms with E-state index in [0.717, 1.165) is 27.2 Å². The first-order valence-corrected chi connectivity index (χ1v) is 10.5. The normalized spacial score (nSPS) is 13.8. The Morgan fingerprint density at radius 1 is 1.37 bits per heavy atom. The lowest BCUT2D eigenvalue weighted by Crippen LogP contribution is -2.25. The van der Waals surface area contributed by atoms with Crippen LogP contribution in [-0.4, -0.2) is 29.9 Å². The summed E-state index contributed by atoms with van der Waals surface area (Å²) in [6.07, 6.45) is 1.71. The maximum atomic E-state index is 11.7. The SMILES string of the molecule is C=C(C)CN=c1scc(-c2ccc3c(c2)NC(=O)CO3)n1N=Cc1ccccc1Cl. The number of hydrogen-bond acceptors (Lipinski definition) is 5. The molecule has 3 aromatic rings. The third-order valence-corrected chi connectivity index (χ3v) is 5.49. The van der Waals surface area contributed by atoms with Gasteiger partial charge < -0.3 is 10.1 Å². The number of nitrogens with one attached hydrogen (secondary N) is 1. The molecule has 0 radical (unpaired) electrons. The first-order valence-electron chi connectivity index (χ1n) is 9.22. The van der Waals surface area contributed by atoms with Crippen molar-refractivity contribution in [3.63, 3.8) is 0 Å². The second kappa shape index (κ2) is 8.69. The van der Waals surface area contributed by atoms with Crippen LogP contribution in [-0.2, 0) is 4.79 Å². The number of amides is 1. The lowest BCUT2D eigenvalue weighted by atomic mass is 10.1. The molecule has 0 spiro atoms. The molecule has 1 aromatic heterocycles. The number of thiazole rings is 1. The Labute approximate surface area is 182 Å².